The first-order valence-corrected chi connectivity index (χ1v) is 13.4. The van der Waals surface area contributed by atoms with Gasteiger partial charge in [0, 0.05) is 12.1 Å². The van der Waals surface area contributed by atoms with Gasteiger partial charge in [-0.2, -0.15) is 0 Å². The van der Waals surface area contributed by atoms with Crippen LogP contribution in [0.15, 0.2) is 0 Å². The predicted octanol–water partition coefficient (Wildman–Crippen LogP) is 6.20. The van der Waals surface area contributed by atoms with Crippen LogP contribution in [0.1, 0.15) is 142 Å². The third kappa shape index (κ3) is 18.6. The second kappa shape index (κ2) is 22.0. The molecule has 0 aliphatic heterocycles. The first-order chi connectivity index (χ1) is 14.5. The second-order valence-electron chi connectivity index (χ2n) is 9.57. The van der Waals surface area contributed by atoms with Gasteiger partial charge < -0.3 is 21.7 Å². The molecule has 0 saturated heterocycles. The topological polar surface area (TPSA) is 92.5 Å². The highest BCUT2D eigenvalue weighted by Crippen LogP contribution is 2.16. The quantitative estimate of drug-likeness (QED) is 0.146. The van der Waals surface area contributed by atoms with E-state index in [9.17, 15) is 10.2 Å². The van der Waals surface area contributed by atoms with E-state index in [0.29, 0.717) is 12.8 Å². The van der Waals surface area contributed by atoms with Gasteiger partial charge in [-0.15, -0.1) is 0 Å². The van der Waals surface area contributed by atoms with Crippen molar-refractivity contribution in [1.82, 2.24) is 0 Å². The average Bonchev–Trinajstić information content (AvgIpc) is 2.75. The molecule has 6 N–H and O–H groups in total. The molecule has 4 unspecified atom stereocenters. The summed E-state index contributed by atoms with van der Waals surface area (Å²) < 4.78 is 0. The molecule has 0 bridgehead atoms. The Morgan fingerprint density at radius 1 is 0.433 bits per heavy atom. The average molecular weight is 429 g/mol. The maximum absolute atomic E-state index is 10.3. The van der Waals surface area contributed by atoms with Crippen LogP contribution in [-0.4, -0.2) is 34.5 Å². The number of nitrogens with two attached hydrogens (primary N) is 2. The van der Waals surface area contributed by atoms with E-state index < -0.39 is 12.2 Å². The first-order valence-electron chi connectivity index (χ1n) is 13.4. The van der Waals surface area contributed by atoms with Crippen molar-refractivity contribution in [3.8, 4) is 0 Å². The minimum atomic E-state index is -0.442. The fourth-order valence-electron chi connectivity index (χ4n) is 4.17. The Bertz CT molecular complexity index is 309. The molecule has 0 spiro atoms. The summed E-state index contributed by atoms with van der Waals surface area (Å²) in [4.78, 5) is 0. The number of aliphatic hydroxyl groups is 2. The first kappa shape index (κ1) is 29.8. The molecule has 0 aromatic carbocycles. The monoisotopic (exact) mass is 428 g/mol. The van der Waals surface area contributed by atoms with Gasteiger partial charge >= 0.3 is 0 Å². The van der Waals surface area contributed by atoms with Crippen molar-refractivity contribution in [1.29, 1.82) is 0 Å². The summed E-state index contributed by atoms with van der Waals surface area (Å²) in [5.41, 5.74) is 12.3. The molecule has 0 rings (SSSR count). The largest absolute Gasteiger partial charge is 0.392 e. The third-order valence-electron chi connectivity index (χ3n) is 6.53. The molecule has 0 radical (unpaired) electrons. The van der Waals surface area contributed by atoms with Gasteiger partial charge in [-0.25, -0.2) is 0 Å². The molecular formula is C26H56N2O2. The standard InChI is InChI=1S/C26H56N2O2/c1-3-5-7-9-11-13-15-17-19-25(29)23(27)21-22-24(28)26(30)20-18-16-14-12-10-8-6-4-2/h23-26,29-30H,3-22,27-28H2,1-2H3. The molecule has 0 heterocycles. The van der Waals surface area contributed by atoms with E-state index in [0.717, 1.165) is 25.7 Å². The molecule has 0 saturated carbocycles. The van der Waals surface area contributed by atoms with Crippen LogP contribution in [0, 0.1) is 0 Å². The van der Waals surface area contributed by atoms with E-state index in [1.165, 1.54) is 89.9 Å². The van der Waals surface area contributed by atoms with Gasteiger partial charge in [-0.3, -0.25) is 0 Å². The molecular weight excluding hydrogens is 372 g/mol. The van der Waals surface area contributed by atoms with Crippen LogP contribution in [0.4, 0.5) is 0 Å². The molecule has 0 aliphatic carbocycles. The fraction of sp³-hybridized carbons (Fsp3) is 1.00. The van der Waals surface area contributed by atoms with Gasteiger partial charge in [0.05, 0.1) is 12.2 Å². The van der Waals surface area contributed by atoms with E-state index >= 15 is 0 Å². The lowest BCUT2D eigenvalue weighted by Crippen LogP contribution is -2.39. The van der Waals surface area contributed by atoms with Gasteiger partial charge in [0.2, 0.25) is 0 Å². The highest BCUT2D eigenvalue weighted by atomic mass is 16.3. The molecule has 182 valence electrons. The Hall–Kier alpha value is -0.160. The molecule has 30 heavy (non-hydrogen) atoms. The number of unbranched alkanes of at least 4 members (excludes halogenated alkanes) is 14. The van der Waals surface area contributed by atoms with Gasteiger partial charge in [0.1, 0.15) is 0 Å². The van der Waals surface area contributed by atoms with Crippen molar-refractivity contribution in [2.75, 3.05) is 0 Å². The fourth-order valence-corrected chi connectivity index (χ4v) is 4.17. The van der Waals surface area contributed by atoms with E-state index in [4.69, 9.17) is 11.5 Å². The van der Waals surface area contributed by atoms with Crippen LogP contribution in [0.2, 0.25) is 0 Å². The van der Waals surface area contributed by atoms with E-state index in [2.05, 4.69) is 13.8 Å². The number of hydrogen-bond donors (Lipinski definition) is 4. The molecule has 0 aromatic heterocycles. The van der Waals surface area contributed by atoms with Crippen LogP contribution >= 0.6 is 0 Å². The van der Waals surface area contributed by atoms with Crippen molar-refractivity contribution in [2.24, 2.45) is 11.5 Å². The van der Waals surface area contributed by atoms with Crippen molar-refractivity contribution in [3.05, 3.63) is 0 Å². The van der Waals surface area contributed by atoms with Crippen LogP contribution in [0.3, 0.4) is 0 Å². The van der Waals surface area contributed by atoms with Crippen LogP contribution in [0.25, 0.3) is 0 Å². The van der Waals surface area contributed by atoms with E-state index in [-0.39, 0.29) is 12.1 Å². The summed E-state index contributed by atoms with van der Waals surface area (Å²) in [6.45, 7) is 4.49. The van der Waals surface area contributed by atoms with Crippen molar-refractivity contribution >= 4 is 0 Å². The summed E-state index contributed by atoms with van der Waals surface area (Å²) in [5.74, 6) is 0. The van der Waals surface area contributed by atoms with Gasteiger partial charge in [-0.05, 0) is 25.7 Å². The highest BCUT2D eigenvalue weighted by molar-refractivity contribution is 4.78. The molecule has 4 heteroatoms. The second-order valence-corrected chi connectivity index (χ2v) is 9.57. The number of rotatable bonds is 23. The maximum Gasteiger partial charge on any atom is 0.0691 e. The lowest BCUT2D eigenvalue weighted by Gasteiger charge is -2.23. The zero-order valence-electron chi connectivity index (χ0n) is 20.5. The van der Waals surface area contributed by atoms with Crippen LogP contribution in [-0.2, 0) is 0 Å². The lowest BCUT2D eigenvalue weighted by molar-refractivity contribution is 0.107. The van der Waals surface area contributed by atoms with Gasteiger partial charge in [0.25, 0.3) is 0 Å². The smallest absolute Gasteiger partial charge is 0.0691 e. The normalized spacial score (nSPS) is 15.8. The van der Waals surface area contributed by atoms with E-state index in [1.54, 1.807) is 0 Å². The summed E-state index contributed by atoms with van der Waals surface area (Å²) >= 11 is 0. The summed E-state index contributed by atoms with van der Waals surface area (Å²) in [5, 5.41) is 20.6. The Labute approximate surface area is 188 Å². The lowest BCUT2D eigenvalue weighted by atomic mass is 9.95. The molecule has 0 aliphatic rings. The Balaban J connectivity index is 3.63. The van der Waals surface area contributed by atoms with Crippen molar-refractivity contribution < 1.29 is 10.2 Å². The third-order valence-corrected chi connectivity index (χ3v) is 6.53. The predicted molar refractivity (Wildman–Crippen MR) is 132 cm³/mol. The number of hydrogen-bond acceptors (Lipinski definition) is 4. The zero-order valence-corrected chi connectivity index (χ0v) is 20.5. The molecule has 4 atom stereocenters. The van der Waals surface area contributed by atoms with E-state index in [1.807, 2.05) is 0 Å². The molecule has 0 aromatic rings. The van der Waals surface area contributed by atoms with Crippen molar-refractivity contribution in [2.45, 2.75) is 167 Å². The highest BCUT2D eigenvalue weighted by Gasteiger charge is 2.19. The number of aliphatic hydroxyl groups excluding tert-OH is 2. The Morgan fingerprint density at radius 2 is 0.700 bits per heavy atom. The molecule has 0 fully saturated rings. The summed E-state index contributed by atoms with van der Waals surface area (Å²) in [6.07, 6.45) is 22.4. The summed E-state index contributed by atoms with van der Waals surface area (Å²) in [7, 11) is 0. The van der Waals surface area contributed by atoms with Gasteiger partial charge in [0.15, 0.2) is 0 Å². The minimum absolute atomic E-state index is 0.226. The van der Waals surface area contributed by atoms with Crippen molar-refractivity contribution in [3.63, 3.8) is 0 Å². The Kier molecular flexibility index (Phi) is 21.9. The van der Waals surface area contributed by atoms with Gasteiger partial charge in [-0.1, -0.05) is 117 Å². The van der Waals surface area contributed by atoms with Crippen LogP contribution < -0.4 is 11.5 Å². The minimum Gasteiger partial charge on any atom is -0.392 e. The molecule has 4 nitrogen and oxygen atoms in total. The Morgan fingerprint density at radius 3 is 1.00 bits per heavy atom. The zero-order chi connectivity index (χ0) is 22.5. The summed E-state index contributed by atoms with van der Waals surface area (Å²) in [6, 6.07) is -0.452. The molecule has 0 amide bonds. The SMILES string of the molecule is CCCCCCCCCCC(O)C(N)CCC(N)C(O)CCCCCCCCCC. The maximum atomic E-state index is 10.3. The van der Waals surface area contributed by atoms with Crippen LogP contribution in [0.5, 0.6) is 0 Å².